The Morgan fingerprint density at radius 2 is 1.50 bits per heavy atom. The minimum atomic E-state index is -0.791. The second-order valence-corrected chi connectivity index (χ2v) is 5.31. The molecule has 0 N–H and O–H groups in total. The van der Waals surface area contributed by atoms with E-state index in [4.69, 9.17) is 0 Å². The van der Waals surface area contributed by atoms with Crippen LogP contribution in [0.25, 0.3) is 0 Å². The molecule has 0 saturated heterocycles. The lowest BCUT2D eigenvalue weighted by molar-refractivity contribution is -0.129. The summed E-state index contributed by atoms with van der Waals surface area (Å²) in [5.74, 6) is 0.154. The molecule has 2 rings (SSSR count). The standard InChI is InChI=1S/C13H20F2O/c14-11-6-4-9(5-7-11)13(16)10-2-1-3-12(15)8-10/h9-12H,1-8H2. The third kappa shape index (κ3) is 2.80. The molecule has 0 aromatic carbocycles. The molecule has 0 aromatic heterocycles. The monoisotopic (exact) mass is 230 g/mol. The molecule has 2 atom stereocenters. The Morgan fingerprint density at radius 1 is 0.812 bits per heavy atom. The van der Waals surface area contributed by atoms with Crippen LogP contribution >= 0.6 is 0 Å². The van der Waals surface area contributed by atoms with Gasteiger partial charge in [0.15, 0.2) is 0 Å². The number of rotatable bonds is 2. The van der Waals surface area contributed by atoms with E-state index >= 15 is 0 Å². The second kappa shape index (κ2) is 5.24. The molecule has 2 aliphatic carbocycles. The number of Topliss-reactive ketones (excluding diaryl/α,β-unsaturated/α-hetero) is 1. The van der Waals surface area contributed by atoms with Gasteiger partial charge in [0, 0.05) is 11.8 Å². The molecule has 0 amide bonds. The van der Waals surface area contributed by atoms with E-state index in [0.29, 0.717) is 38.5 Å². The number of hydrogen-bond acceptors (Lipinski definition) is 1. The van der Waals surface area contributed by atoms with Crippen LogP contribution < -0.4 is 0 Å². The third-order valence-corrected chi connectivity index (χ3v) is 4.07. The van der Waals surface area contributed by atoms with Gasteiger partial charge in [-0.25, -0.2) is 8.78 Å². The van der Waals surface area contributed by atoms with Crippen LogP contribution in [-0.2, 0) is 4.79 Å². The first-order chi connectivity index (χ1) is 7.66. The molecule has 3 heteroatoms. The second-order valence-electron chi connectivity index (χ2n) is 5.31. The highest BCUT2D eigenvalue weighted by Crippen LogP contribution is 2.34. The molecule has 0 aliphatic heterocycles. The van der Waals surface area contributed by atoms with Crippen molar-refractivity contribution in [1.29, 1.82) is 0 Å². The van der Waals surface area contributed by atoms with Crippen LogP contribution in [0.1, 0.15) is 51.4 Å². The molecular weight excluding hydrogens is 210 g/mol. The Kier molecular flexibility index (Phi) is 3.93. The van der Waals surface area contributed by atoms with Gasteiger partial charge >= 0.3 is 0 Å². The quantitative estimate of drug-likeness (QED) is 0.708. The first-order valence-electron chi connectivity index (χ1n) is 6.48. The fourth-order valence-corrected chi connectivity index (χ4v) is 3.06. The maximum atomic E-state index is 13.2. The number of carbonyl (C=O) groups is 1. The summed E-state index contributed by atoms with van der Waals surface area (Å²) in [5, 5.41) is 0. The molecular formula is C13H20F2O. The van der Waals surface area contributed by atoms with Crippen LogP contribution in [-0.4, -0.2) is 18.1 Å². The summed E-state index contributed by atoms with van der Waals surface area (Å²) in [6, 6.07) is 0. The molecule has 2 saturated carbocycles. The van der Waals surface area contributed by atoms with Gasteiger partial charge in [-0.2, -0.15) is 0 Å². The predicted molar refractivity (Wildman–Crippen MR) is 58.7 cm³/mol. The van der Waals surface area contributed by atoms with Gasteiger partial charge in [0.2, 0.25) is 0 Å². The maximum Gasteiger partial charge on any atom is 0.139 e. The lowest BCUT2D eigenvalue weighted by Gasteiger charge is -2.29. The van der Waals surface area contributed by atoms with Crippen molar-refractivity contribution in [2.75, 3.05) is 0 Å². The first kappa shape index (κ1) is 12.0. The Hall–Kier alpha value is -0.470. The van der Waals surface area contributed by atoms with Crippen molar-refractivity contribution < 1.29 is 13.6 Å². The van der Waals surface area contributed by atoms with Gasteiger partial charge in [-0.05, 0) is 51.4 Å². The summed E-state index contributed by atoms with van der Waals surface area (Å²) in [6.07, 6.45) is 3.57. The van der Waals surface area contributed by atoms with Crippen LogP contribution in [0.2, 0.25) is 0 Å². The molecule has 2 unspecified atom stereocenters. The molecule has 1 nitrogen and oxygen atoms in total. The van der Waals surface area contributed by atoms with E-state index < -0.39 is 12.3 Å². The van der Waals surface area contributed by atoms with Crippen LogP contribution in [0.4, 0.5) is 8.78 Å². The van der Waals surface area contributed by atoms with E-state index in [1.54, 1.807) is 0 Å². The van der Waals surface area contributed by atoms with Gasteiger partial charge < -0.3 is 0 Å². The molecule has 0 heterocycles. The van der Waals surface area contributed by atoms with Crippen molar-refractivity contribution >= 4 is 5.78 Å². The highest BCUT2D eigenvalue weighted by atomic mass is 19.1. The number of hydrogen-bond donors (Lipinski definition) is 0. The zero-order valence-electron chi connectivity index (χ0n) is 9.63. The number of ketones is 1. The van der Waals surface area contributed by atoms with Crippen molar-refractivity contribution in [3.05, 3.63) is 0 Å². The summed E-state index contributed by atoms with van der Waals surface area (Å²) < 4.78 is 26.2. The fraction of sp³-hybridized carbons (Fsp3) is 0.923. The zero-order chi connectivity index (χ0) is 11.5. The Balaban J connectivity index is 1.86. The zero-order valence-corrected chi connectivity index (χ0v) is 9.63. The van der Waals surface area contributed by atoms with Crippen LogP contribution in [0, 0.1) is 11.8 Å². The molecule has 2 fully saturated rings. The molecule has 2 aliphatic rings. The molecule has 0 aromatic rings. The number of halogens is 2. The number of alkyl halides is 2. The van der Waals surface area contributed by atoms with Gasteiger partial charge in [-0.1, -0.05) is 0 Å². The number of carbonyl (C=O) groups excluding carboxylic acids is 1. The largest absolute Gasteiger partial charge is 0.299 e. The van der Waals surface area contributed by atoms with Crippen LogP contribution in [0.15, 0.2) is 0 Å². The van der Waals surface area contributed by atoms with Crippen LogP contribution in [0.5, 0.6) is 0 Å². The summed E-state index contributed by atoms with van der Waals surface area (Å²) in [6.45, 7) is 0. The highest BCUT2D eigenvalue weighted by molar-refractivity contribution is 5.83. The van der Waals surface area contributed by atoms with Gasteiger partial charge in [0.05, 0.1) is 0 Å². The Morgan fingerprint density at radius 3 is 2.12 bits per heavy atom. The minimum Gasteiger partial charge on any atom is -0.299 e. The molecule has 16 heavy (non-hydrogen) atoms. The molecule has 0 spiro atoms. The summed E-state index contributed by atoms with van der Waals surface area (Å²) in [4.78, 5) is 12.1. The smallest absolute Gasteiger partial charge is 0.139 e. The van der Waals surface area contributed by atoms with Crippen molar-refractivity contribution in [3.8, 4) is 0 Å². The van der Waals surface area contributed by atoms with E-state index in [1.165, 1.54) is 0 Å². The fourth-order valence-electron chi connectivity index (χ4n) is 3.06. The van der Waals surface area contributed by atoms with E-state index in [1.807, 2.05) is 0 Å². The van der Waals surface area contributed by atoms with Crippen molar-refractivity contribution in [2.45, 2.75) is 63.7 Å². The van der Waals surface area contributed by atoms with E-state index in [9.17, 15) is 13.6 Å². The lowest BCUT2D eigenvalue weighted by Crippen LogP contribution is -2.31. The van der Waals surface area contributed by atoms with Gasteiger partial charge in [-0.15, -0.1) is 0 Å². The van der Waals surface area contributed by atoms with Crippen LogP contribution in [0.3, 0.4) is 0 Å². The summed E-state index contributed by atoms with van der Waals surface area (Å²) >= 11 is 0. The summed E-state index contributed by atoms with van der Waals surface area (Å²) in [5.41, 5.74) is 0. The van der Waals surface area contributed by atoms with Crippen molar-refractivity contribution in [2.24, 2.45) is 11.8 Å². The molecule has 92 valence electrons. The third-order valence-electron chi connectivity index (χ3n) is 4.07. The highest BCUT2D eigenvalue weighted by Gasteiger charge is 2.33. The van der Waals surface area contributed by atoms with E-state index in [2.05, 4.69) is 0 Å². The van der Waals surface area contributed by atoms with E-state index in [0.717, 1.165) is 12.8 Å². The predicted octanol–water partition coefficient (Wildman–Crippen LogP) is 3.61. The average molecular weight is 230 g/mol. The topological polar surface area (TPSA) is 17.1 Å². The molecule has 0 radical (unpaired) electrons. The van der Waals surface area contributed by atoms with Gasteiger partial charge in [0.1, 0.15) is 18.1 Å². The van der Waals surface area contributed by atoms with Crippen molar-refractivity contribution in [3.63, 3.8) is 0 Å². The lowest BCUT2D eigenvalue weighted by atomic mass is 9.76. The van der Waals surface area contributed by atoms with Crippen molar-refractivity contribution in [1.82, 2.24) is 0 Å². The Labute approximate surface area is 95.6 Å². The van der Waals surface area contributed by atoms with Gasteiger partial charge in [0.25, 0.3) is 0 Å². The minimum absolute atomic E-state index is 0.0160. The Bertz CT molecular complexity index is 246. The molecule has 0 bridgehead atoms. The normalized spacial score (nSPS) is 40.6. The summed E-state index contributed by atoms with van der Waals surface area (Å²) in [7, 11) is 0. The van der Waals surface area contributed by atoms with E-state index in [-0.39, 0.29) is 17.6 Å². The average Bonchev–Trinajstić information content (AvgIpc) is 2.29. The SMILES string of the molecule is O=C(C1CCC(F)CC1)C1CCCC(F)C1. The first-order valence-corrected chi connectivity index (χ1v) is 6.48. The maximum absolute atomic E-state index is 13.2. The van der Waals surface area contributed by atoms with Gasteiger partial charge in [-0.3, -0.25) is 4.79 Å².